The number of aliphatic hydroxyl groups is 1. The summed E-state index contributed by atoms with van der Waals surface area (Å²) in [5.74, 6) is 0. The molecule has 1 N–H and O–H groups in total. The monoisotopic (exact) mass is 245 g/mol. The van der Waals surface area contributed by atoms with Crippen LogP contribution in [0.4, 0.5) is 5.69 Å². The summed E-state index contributed by atoms with van der Waals surface area (Å²) >= 11 is 0. The van der Waals surface area contributed by atoms with Gasteiger partial charge in [-0.25, -0.2) is 0 Å². The average Bonchev–Trinajstić information content (AvgIpc) is 2.43. The predicted molar refractivity (Wildman–Crippen MR) is 73.7 cm³/mol. The maximum absolute atomic E-state index is 9.19. The zero-order chi connectivity index (χ0) is 12.8. The number of hydrogen-bond donors (Lipinski definition) is 1. The largest absolute Gasteiger partial charge is 0.395 e. The van der Waals surface area contributed by atoms with Crippen LogP contribution in [0.3, 0.4) is 0 Å². The molecule has 0 radical (unpaired) electrons. The van der Waals surface area contributed by atoms with E-state index in [2.05, 4.69) is 28.1 Å². The Morgan fingerprint density at radius 1 is 1.22 bits per heavy atom. The molecule has 4 nitrogen and oxygen atoms in total. The fourth-order valence-electron chi connectivity index (χ4n) is 2.07. The molecule has 1 aromatic carbocycles. The number of hydrogen-bond acceptors (Lipinski definition) is 4. The van der Waals surface area contributed by atoms with Crippen LogP contribution >= 0.6 is 0 Å². The molecule has 0 unspecified atom stereocenters. The number of aromatic nitrogens is 2. The molecule has 18 heavy (non-hydrogen) atoms. The van der Waals surface area contributed by atoms with Gasteiger partial charge in [0.25, 0.3) is 0 Å². The quantitative estimate of drug-likeness (QED) is 0.848. The van der Waals surface area contributed by atoms with Gasteiger partial charge in [-0.05, 0) is 12.5 Å². The molecule has 0 aliphatic heterocycles. The van der Waals surface area contributed by atoms with Crippen LogP contribution in [0.1, 0.15) is 19.8 Å². The Bertz CT molecular complexity index is 496. The van der Waals surface area contributed by atoms with Crippen molar-refractivity contribution in [2.45, 2.75) is 19.8 Å². The van der Waals surface area contributed by atoms with Crippen molar-refractivity contribution < 1.29 is 5.11 Å². The second kappa shape index (κ2) is 6.31. The summed E-state index contributed by atoms with van der Waals surface area (Å²) < 4.78 is 0. The van der Waals surface area contributed by atoms with Gasteiger partial charge >= 0.3 is 0 Å². The standard InChI is InChI=1S/C14H19N3O/c1-2-3-8-17(9-10-18)14-11-15-16-13-7-5-4-6-12(13)14/h4-7,11,18H,2-3,8-10H2,1H3. The van der Waals surface area contributed by atoms with E-state index in [1.165, 1.54) is 0 Å². The molecule has 0 bridgehead atoms. The fourth-order valence-corrected chi connectivity index (χ4v) is 2.07. The maximum Gasteiger partial charge on any atom is 0.0950 e. The molecule has 0 fully saturated rings. The molecule has 1 heterocycles. The molecular formula is C14H19N3O. The van der Waals surface area contributed by atoms with Crippen LogP contribution in [0.2, 0.25) is 0 Å². The summed E-state index contributed by atoms with van der Waals surface area (Å²) in [5, 5.41) is 18.5. The lowest BCUT2D eigenvalue weighted by molar-refractivity contribution is 0.301. The number of anilines is 1. The third kappa shape index (κ3) is 2.76. The van der Waals surface area contributed by atoms with Crippen molar-refractivity contribution in [3.63, 3.8) is 0 Å². The van der Waals surface area contributed by atoms with Crippen LogP contribution in [-0.4, -0.2) is 35.0 Å². The lowest BCUT2D eigenvalue weighted by atomic mass is 10.2. The van der Waals surface area contributed by atoms with E-state index in [9.17, 15) is 5.11 Å². The number of nitrogens with zero attached hydrogens (tertiary/aromatic N) is 3. The van der Waals surface area contributed by atoms with Crippen LogP contribution in [-0.2, 0) is 0 Å². The second-order valence-electron chi connectivity index (χ2n) is 4.31. The van der Waals surface area contributed by atoms with Gasteiger partial charge in [-0.1, -0.05) is 31.5 Å². The van der Waals surface area contributed by atoms with Gasteiger partial charge in [-0.15, -0.1) is 0 Å². The van der Waals surface area contributed by atoms with Gasteiger partial charge in [-0.3, -0.25) is 0 Å². The van der Waals surface area contributed by atoms with E-state index in [1.54, 1.807) is 6.20 Å². The average molecular weight is 245 g/mol. The van der Waals surface area contributed by atoms with Gasteiger partial charge in [0, 0.05) is 18.5 Å². The first-order valence-electron chi connectivity index (χ1n) is 6.43. The molecule has 0 saturated heterocycles. The lowest BCUT2D eigenvalue weighted by Crippen LogP contribution is -2.28. The van der Waals surface area contributed by atoms with Gasteiger partial charge in [0.15, 0.2) is 0 Å². The highest BCUT2D eigenvalue weighted by Gasteiger charge is 2.10. The number of rotatable bonds is 6. The lowest BCUT2D eigenvalue weighted by Gasteiger charge is -2.24. The van der Waals surface area contributed by atoms with Gasteiger partial charge in [-0.2, -0.15) is 10.2 Å². The van der Waals surface area contributed by atoms with Crippen molar-refractivity contribution in [3.05, 3.63) is 30.5 Å². The third-order valence-electron chi connectivity index (χ3n) is 3.02. The summed E-state index contributed by atoms with van der Waals surface area (Å²) in [7, 11) is 0. The third-order valence-corrected chi connectivity index (χ3v) is 3.02. The van der Waals surface area contributed by atoms with Crippen LogP contribution in [0.5, 0.6) is 0 Å². The molecule has 0 amide bonds. The minimum absolute atomic E-state index is 0.153. The smallest absolute Gasteiger partial charge is 0.0950 e. The predicted octanol–water partition coefficient (Wildman–Crippen LogP) is 2.23. The van der Waals surface area contributed by atoms with Crippen LogP contribution in [0.25, 0.3) is 10.9 Å². The van der Waals surface area contributed by atoms with E-state index in [0.717, 1.165) is 36.0 Å². The summed E-state index contributed by atoms with van der Waals surface area (Å²) in [5.41, 5.74) is 1.96. The van der Waals surface area contributed by atoms with E-state index in [4.69, 9.17) is 0 Å². The fraction of sp³-hybridized carbons (Fsp3) is 0.429. The summed E-state index contributed by atoms with van der Waals surface area (Å²) in [6, 6.07) is 7.98. The minimum atomic E-state index is 0.153. The van der Waals surface area contributed by atoms with Gasteiger partial charge in [0.2, 0.25) is 0 Å². The Morgan fingerprint density at radius 3 is 2.83 bits per heavy atom. The highest BCUT2D eigenvalue weighted by molar-refractivity contribution is 5.90. The van der Waals surface area contributed by atoms with Crippen molar-refractivity contribution in [2.24, 2.45) is 0 Å². The van der Waals surface area contributed by atoms with Crippen molar-refractivity contribution in [2.75, 3.05) is 24.6 Å². The van der Waals surface area contributed by atoms with Crippen molar-refractivity contribution in [1.82, 2.24) is 10.2 Å². The molecule has 2 rings (SSSR count). The maximum atomic E-state index is 9.19. The highest BCUT2D eigenvalue weighted by atomic mass is 16.3. The Labute approximate surface area is 107 Å². The van der Waals surface area contributed by atoms with E-state index < -0.39 is 0 Å². The first kappa shape index (κ1) is 12.8. The summed E-state index contributed by atoms with van der Waals surface area (Å²) in [6.45, 7) is 3.89. The normalized spacial score (nSPS) is 10.8. The van der Waals surface area contributed by atoms with Crippen LogP contribution < -0.4 is 4.90 Å². The Morgan fingerprint density at radius 2 is 2.06 bits per heavy atom. The molecule has 2 aromatic rings. The second-order valence-corrected chi connectivity index (χ2v) is 4.31. The highest BCUT2D eigenvalue weighted by Crippen LogP contribution is 2.24. The molecule has 0 atom stereocenters. The first-order valence-corrected chi connectivity index (χ1v) is 6.43. The van der Waals surface area contributed by atoms with Gasteiger partial charge < -0.3 is 10.0 Å². The van der Waals surface area contributed by atoms with E-state index in [1.807, 2.05) is 18.2 Å². The summed E-state index contributed by atoms with van der Waals surface area (Å²) in [6.07, 6.45) is 4.03. The van der Waals surface area contributed by atoms with Crippen molar-refractivity contribution >= 4 is 16.6 Å². The number of unbranched alkanes of at least 4 members (excludes halogenated alkanes) is 1. The Kier molecular flexibility index (Phi) is 4.47. The molecule has 0 spiro atoms. The number of aliphatic hydroxyl groups excluding tert-OH is 1. The molecule has 0 aliphatic carbocycles. The van der Waals surface area contributed by atoms with Crippen molar-refractivity contribution in [3.8, 4) is 0 Å². The van der Waals surface area contributed by atoms with Crippen LogP contribution in [0.15, 0.2) is 30.5 Å². The zero-order valence-electron chi connectivity index (χ0n) is 10.7. The topological polar surface area (TPSA) is 49.2 Å². The van der Waals surface area contributed by atoms with Gasteiger partial charge in [0.1, 0.15) is 0 Å². The number of benzene rings is 1. The van der Waals surface area contributed by atoms with Gasteiger partial charge in [0.05, 0.1) is 24.0 Å². The molecule has 1 aromatic heterocycles. The molecule has 4 heteroatoms. The molecule has 96 valence electrons. The minimum Gasteiger partial charge on any atom is -0.395 e. The van der Waals surface area contributed by atoms with E-state index in [0.29, 0.717) is 6.54 Å². The van der Waals surface area contributed by atoms with E-state index >= 15 is 0 Å². The van der Waals surface area contributed by atoms with E-state index in [-0.39, 0.29) is 6.61 Å². The number of fused-ring (bicyclic) bond motifs is 1. The SMILES string of the molecule is CCCCN(CCO)c1cnnc2ccccc12. The zero-order valence-corrected chi connectivity index (χ0v) is 10.7. The first-order chi connectivity index (χ1) is 8.86. The Balaban J connectivity index is 2.36. The van der Waals surface area contributed by atoms with Crippen molar-refractivity contribution in [1.29, 1.82) is 0 Å². The Hall–Kier alpha value is -1.68. The molecular weight excluding hydrogens is 226 g/mol. The molecule has 0 saturated carbocycles. The van der Waals surface area contributed by atoms with Crippen LogP contribution in [0, 0.1) is 0 Å². The summed E-state index contributed by atoms with van der Waals surface area (Å²) in [4.78, 5) is 2.18. The molecule has 0 aliphatic rings.